The first-order chi connectivity index (χ1) is 21.1. The van der Waals surface area contributed by atoms with Gasteiger partial charge in [-0.1, -0.05) is 42.5 Å². The number of pyridine rings is 2. The van der Waals surface area contributed by atoms with E-state index in [9.17, 15) is 9.18 Å². The summed E-state index contributed by atoms with van der Waals surface area (Å²) in [5.41, 5.74) is 3.24. The van der Waals surface area contributed by atoms with Crippen LogP contribution in [-0.2, 0) is 6.61 Å². The Balaban J connectivity index is 1.10. The minimum Gasteiger partial charge on any atom is -0.485 e. The molecule has 9 nitrogen and oxygen atoms in total. The topological polar surface area (TPSA) is 104 Å². The molecule has 0 amide bonds. The average Bonchev–Trinajstić information content (AvgIpc) is 3.46. The lowest BCUT2D eigenvalue weighted by molar-refractivity contribution is 0.103. The standard InChI is InChI=1S/C33H21FN6O3/c34-33-26(10-5-16-36-33)32(41)22-8-4-9-23(18-22)43-24-11-12-25-28(19-24)35-17-15-29(25)42-20-31-38-37-30-14-13-27(39-40(30)31)21-6-2-1-3-7-21/h1-19H,20H2. The molecule has 0 aliphatic carbocycles. The maximum atomic E-state index is 14.0. The number of halogens is 1. The number of carbonyl (C=O) groups is 1. The average molecular weight is 569 g/mol. The van der Waals surface area contributed by atoms with Gasteiger partial charge in [0.05, 0.1) is 16.8 Å². The van der Waals surface area contributed by atoms with E-state index in [2.05, 4.69) is 20.2 Å². The number of hydrogen-bond donors (Lipinski definition) is 0. The number of nitrogens with zero attached hydrogens (tertiary/aromatic N) is 6. The molecule has 0 saturated heterocycles. The lowest BCUT2D eigenvalue weighted by atomic mass is 10.0. The van der Waals surface area contributed by atoms with Crippen LogP contribution in [0.2, 0.25) is 0 Å². The number of ether oxygens (including phenoxy) is 2. The van der Waals surface area contributed by atoms with Crippen molar-refractivity contribution in [2.75, 3.05) is 0 Å². The van der Waals surface area contributed by atoms with Crippen LogP contribution < -0.4 is 9.47 Å². The van der Waals surface area contributed by atoms with Gasteiger partial charge in [-0.2, -0.15) is 14.0 Å². The third-order valence-electron chi connectivity index (χ3n) is 6.76. The molecule has 4 aromatic heterocycles. The minimum absolute atomic E-state index is 0.103. The van der Waals surface area contributed by atoms with Gasteiger partial charge in [0, 0.05) is 35.0 Å². The fourth-order valence-electron chi connectivity index (χ4n) is 4.67. The smallest absolute Gasteiger partial charge is 0.224 e. The van der Waals surface area contributed by atoms with E-state index < -0.39 is 11.7 Å². The van der Waals surface area contributed by atoms with Crippen molar-refractivity contribution in [2.45, 2.75) is 6.61 Å². The summed E-state index contributed by atoms with van der Waals surface area (Å²) in [6.45, 7) is 0.141. The van der Waals surface area contributed by atoms with Crippen molar-refractivity contribution in [2.24, 2.45) is 0 Å². The predicted octanol–water partition coefficient (Wildman–Crippen LogP) is 6.48. The number of rotatable bonds is 8. The molecule has 0 N–H and O–H groups in total. The Kier molecular flexibility index (Phi) is 6.68. The monoisotopic (exact) mass is 568 g/mol. The lowest BCUT2D eigenvalue weighted by Crippen LogP contribution is -2.05. The van der Waals surface area contributed by atoms with E-state index in [1.807, 2.05) is 48.5 Å². The molecule has 0 saturated carbocycles. The van der Waals surface area contributed by atoms with Gasteiger partial charge in [-0.05, 0) is 54.6 Å². The molecule has 4 heterocycles. The third-order valence-corrected chi connectivity index (χ3v) is 6.76. The Hall–Kier alpha value is -6.03. The highest BCUT2D eigenvalue weighted by molar-refractivity contribution is 6.09. The highest BCUT2D eigenvalue weighted by Crippen LogP contribution is 2.30. The van der Waals surface area contributed by atoms with Crippen LogP contribution in [0.3, 0.4) is 0 Å². The van der Waals surface area contributed by atoms with Crippen LogP contribution in [-0.4, -0.2) is 35.6 Å². The van der Waals surface area contributed by atoms with Crippen LogP contribution in [0.5, 0.6) is 17.2 Å². The highest BCUT2D eigenvalue weighted by Gasteiger charge is 2.16. The molecule has 0 radical (unpaired) electrons. The zero-order valence-corrected chi connectivity index (χ0v) is 22.5. The van der Waals surface area contributed by atoms with Gasteiger partial charge in [-0.15, -0.1) is 10.2 Å². The normalized spacial score (nSPS) is 11.1. The summed E-state index contributed by atoms with van der Waals surface area (Å²) in [6.07, 6.45) is 2.95. The van der Waals surface area contributed by atoms with Gasteiger partial charge in [0.2, 0.25) is 5.95 Å². The maximum absolute atomic E-state index is 14.0. The molecule has 0 fully saturated rings. The summed E-state index contributed by atoms with van der Waals surface area (Å²) in [7, 11) is 0. The molecule has 0 bridgehead atoms. The Morgan fingerprint density at radius 3 is 2.56 bits per heavy atom. The second-order valence-corrected chi connectivity index (χ2v) is 9.55. The van der Waals surface area contributed by atoms with Gasteiger partial charge < -0.3 is 9.47 Å². The molecule has 0 aliphatic heterocycles. The van der Waals surface area contributed by atoms with E-state index in [-0.39, 0.29) is 17.7 Å². The zero-order valence-electron chi connectivity index (χ0n) is 22.5. The molecule has 0 unspecified atom stereocenters. The van der Waals surface area contributed by atoms with Gasteiger partial charge in [-0.25, -0.2) is 4.98 Å². The van der Waals surface area contributed by atoms with Gasteiger partial charge in [0.1, 0.15) is 23.9 Å². The van der Waals surface area contributed by atoms with Gasteiger partial charge >= 0.3 is 0 Å². The summed E-state index contributed by atoms with van der Waals surface area (Å²) in [4.78, 5) is 20.8. The number of aromatic nitrogens is 6. The molecule has 7 aromatic rings. The van der Waals surface area contributed by atoms with Crippen LogP contribution >= 0.6 is 0 Å². The molecule has 0 atom stereocenters. The Labute approximate surface area is 244 Å². The molecule has 0 spiro atoms. The van der Waals surface area contributed by atoms with Crippen molar-refractivity contribution in [1.29, 1.82) is 0 Å². The fraction of sp³-hybridized carbons (Fsp3) is 0.0303. The zero-order chi connectivity index (χ0) is 29.2. The lowest BCUT2D eigenvalue weighted by Gasteiger charge is -2.11. The number of fused-ring (bicyclic) bond motifs is 2. The molecule has 43 heavy (non-hydrogen) atoms. The second kappa shape index (κ2) is 11.1. The minimum atomic E-state index is -0.817. The first kappa shape index (κ1) is 25.9. The first-order valence-electron chi connectivity index (χ1n) is 13.3. The van der Waals surface area contributed by atoms with Crippen molar-refractivity contribution in [1.82, 2.24) is 29.8 Å². The molecule has 208 valence electrons. The molecule has 7 rings (SSSR count). The summed E-state index contributed by atoms with van der Waals surface area (Å²) in [6, 6.07) is 30.3. The van der Waals surface area contributed by atoms with Crippen LogP contribution in [0.1, 0.15) is 21.7 Å². The van der Waals surface area contributed by atoms with Gasteiger partial charge in [-0.3, -0.25) is 9.78 Å². The van der Waals surface area contributed by atoms with Gasteiger partial charge in [0.25, 0.3) is 0 Å². The fourth-order valence-corrected chi connectivity index (χ4v) is 4.67. The van der Waals surface area contributed by atoms with Crippen LogP contribution in [0, 0.1) is 5.95 Å². The molecule has 3 aromatic carbocycles. The molecule has 0 aliphatic rings. The SMILES string of the molecule is O=C(c1cccc(Oc2ccc3c(OCc4nnc5ccc(-c6ccccc6)nn45)ccnc3c2)c1)c1cccnc1F. The second-order valence-electron chi connectivity index (χ2n) is 9.55. The van der Waals surface area contributed by atoms with E-state index in [0.717, 1.165) is 16.6 Å². The third kappa shape index (κ3) is 5.24. The van der Waals surface area contributed by atoms with Gasteiger partial charge in [0.15, 0.2) is 17.3 Å². The van der Waals surface area contributed by atoms with E-state index in [0.29, 0.717) is 34.2 Å². The summed E-state index contributed by atoms with van der Waals surface area (Å²) >= 11 is 0. The number of carbonyl (C=O) groups excluding carboxylic acids is 1. The Morgan fingerprint density at radius 1 is 0.791 bits per heavy atom. The van der Waals surface area contributed by atoms with Crippen molar-refractivity contribution in [3.63, 3.8) is 0 Å². The molecular weight excluding hydrogens is 547 g/mol. The van der Waals surface area contributed by atoms with E-state index in [1.54, 1.807) is 53.2 Å². The van der Waals surface area contributed by atoms with Crippen LogP contribution in [0.15, 0.2) is 116 Å². The summed E-state index contributed by atoms with van der Waals surface area (Å²) < 4.78 is 27.9. The highest BCUT2D eigenvalue weighted by atomic mass is 19.1. The number of hydrogen-bond acceptors (Lipinski definition) is 8. The van der Waals surface area contributed by atoms with E-state index in [4.69, 9.17) is 14.6 Å². The number of ketones is 1. The van der Waals surface area contributed by atoms with Crippen molar-refractivity contribution >= 4 is 22.3 Å². The summed E-state index contributed by atoms with van der Waals surface area (Å²) in [5, 5.41) is 14.0. The van der Waals surface area contributed by atoms with E-state index >= 15 is 0 Å². The van der Waals surface area contributed by atoms with Crippen LogP contribution in [0.25, 0.3) is 27.8 Å². The Bertz CT molecular complexity index is 2120. The van der Waals surface area contributed by atoms with Crippen molar-refractivity contribution in [3.8, 4) is 28.5 Å². The largest absolute Gasteiger partial charge is 0.485 e. The van der Waals surface area contributed by atoms with Crippen molar-refractivity contribution in [3.05, 3.63) is 138 Å². The quantitative estimate of drug-likeness (QED) is 0.152. The summed E-state index contributed by atoms with van der Waals surface area (Å²) in [5.74, 6) is 0.795. The number of benzene rings is 3. The van der Waals surface area contributed by atoms with E-state index in [1.165, 1.54) is 18.3 Å². The first-order valence-corrected chi connectivity index (χ1v) is 13.3. The molecular formula is C33H21FN6O3. The van der Waals surface area contributed by atoms with Crippen molar-refractivity contribution < 1.29 is 18.7 Å². The Morgan fingerprint density at radius 2 is 1.67 bits per heavy atom. The maximum Gasteiger partial charge on any atom is 0.224 e. The predicted molar refractivity (Wildman–Crippen MR) is 156 cm³/mol. The molecule has 10 heteroatoms. The van der Waals surface area contributed by atoms with Crippen LogP contribution in [0.4, 0.5) is 4.39 Å².